The summed E-state index contributed by atoms with van der Waals surface area (Å²) in [4.78, 5) is 19.5. The number of para-hydroxylation sites is 1. The summed E-state index contributed by atoms with van der Waals surface area (Å²) in [5.41, 5.74) is 3.34. The average Bonchev–Trinajstić information content (AvgIpc) is 2.92. The van der Waals surface area contributed by atoms with Gasteiger partial charge in [0.1, 0.15) is 23.9 Å². The molecule has 37 heavy (non-hydrogen) atoms. The summed E-state index contributed by atoms with van der Waals surface area (Å²) in [5, 5.41) is 7.25. The van der Waals surface area contributed by atoms with Gasteiger partial charge in [-0.2, -0.15) is 0 Å². The number of pyridine rings is 1. The fourth-order valence-corrected chi connectivity index (χ4v) is 4.34. The van der Waals surface area contributed by atoms with Crippen LogP contribution in [0.4, 0.5) is 11.5 Å². The number of hydrogen-bond acceptors (Lipinski definition) is 5. The molecule has 1 amide bonds. The zero-order valence-corrected chi connectivity index (χ0v) is 21.9. The molecule has 4 rings (SSSR count). The first-order valence-electron chi connectivity index (χ1n) is 12.5. The van der Waals surface area contributed by atoms with Crippen LogP contribution >= 0.6 is 0 Å². The number of carbonyl (C=O) groups is 1. The van der Waals surface area contributed by atoms with Gasteiger partial charge in [-0.3, -0.25) is 4.79 Å². The van der Waals surface area contributed by atoms with Crippen molar-refractivity contribution in [1.29, 1.82) is 0 Å². The molecule has 4 aromatic rings. The van der Waals surface area contributed by atoms with E-state index in [2.05, 4.69) is 48.7 Å². The van der Waals surface area contributed by atoms with Gasteiger partial charge in [0.25, 0.3) is 5.91 Å². The van der Waals surface area contributed by atoms with E-state index in [-0.39, 0.29) is 5.91 Å². The van der Waals surface area contributed by atoms with E-state index in [0.29, 0.717) is 35.5 Å². The van der Waals surface area contributed by atoms with Crippen LogP contribution in [0.5, 0.6) is 11.5 Å². The number of aromatic nitrogens is 1. The number of carbonyl (C=O) groups excluding carboxylic acids is 1. The molecule has 0 bridgehead atoms. The number of nitrogens with zero attached hydrogens (tertiary/aromatic N) is 1. The van der Waals surface area contributed by atoms with Gasteiger partial charge in [0.2, 0.25) is 0 Å². The number of amides is 1. The summed E-state index contributed by atoms with van der Waals surface area (Å²) in [5.74, 6) is 1.76. The van der Waals surface area contributed by atoms with E-state index in [4.69, 9.17) is 14.5 Å². The molecular weight excluding hydrogens is 464 g/mol. The van der Waals surface area contributed by atoms with Crippen LogP contribution in [-0.4, -0.2) is 44.2 Å². The molecule has 0 aliphatic rings. The zero-order valence-electron chi connectivity index (χ0n) is 21.9. The second kappa shape index (κ2) is 12.2. The van der Waals surface area contributed by atoms with Crippen molar-refractivity contribution in [2.45, 2.75) is 26.4 Å². The standard InChI is InChI=1S/C30H34N4O3/c1-21(2)34(20-22-10-6-5-7-11-22)17-16-31-30(35)25-19-29(32-26-13-9-8-12-24(25)26)33-27-15-14-23(36-3)18-28(27)37-4/h5-15,18-19,21H,16-17,20H2,1-4H3,(H,31,35)(H,32,33)/p+1. The molecule has 1 unspecified atom stereocenters. The third-order valence-corrected chi connectivity index (χ3v) is 6.45. The fraction of sp³-hybridized carbons (Fsp3) is 0.267. The number of fused-ring (bicyclic) bond motifs is 1. The SMILES string of the molecule is COc1ccc(Nc2cc(C(=O)NCC[NH+](Cc3ccccc3)C(C)C)c3ccccc3n2)c(OC)c1. The minimum Gasteiger partial charge on any atom is -0.497 e. The molecule has 3 N–H and O–H groups in total. The number of anilines is 2. The van der Waals surface area contributed by atoms with Crippen LogP contribution in [0.25, 0.3) is 10.9 Å². The molecule has 7 nitrogen and oxygen atoms in total. The van der Waals surface area contributed by atoms with Gasteiger partial charge >= 0.3 is 0 Å². The fourth-order valence-electron chi connectivity index (χ4n) is 4.34. The molecule has 0 fully saturated rings. The lowest BCUT2D eigenvalue weighted by Gasteiger charge is -2.24. The van der Waals surface area contributed by atoms with E-state index in [1.165, 1.54) is 10.5 Å². The molecule has 1 aromatic heterocycles. The molecular formula is C30H35N4O3+. The molecule has 0 saturated carbocycles. The maximum absolute atomic E-state index is 13.4. The number of benzene rings is 3. The van der Waals surface area contributed by atoms with E-state index in [1.54, 1.807) is 26.4 Å². The second-order valence-electron chi connectivity index (χ2n) is 9.24. The molecule has 3 aromatic carbocycles. The van der Waals surface area contributed by atoms with Gasteiger partial charge in [-0.15, -0.1) is 0 Å². The predicted molar refractivity (Wildman–Crippen MR) is 148 cm³/mol. The molecule has 0 radical (unpaired) electrons. The van der Waals surface area contributed by atoms with Crippen LogP contribution in [0.3, 0.4) is 0 Å². The van der Waals surface area contributed by atoms with E-state index in [1.807, 2.05) is 42.5 Å². The molecule has 192 valence electrons. The van der Waals surface area contributed by atoms with Gasteiger partial charge in [0, 0.05) is 17.0 Å². The van der Waals surface area contributed by atoms with Crippen molar-refractivity contribution in [3.63, 3.8) is 0 Å². The van der Waals surface area contributed by atoms with Gasteiger partial charge in [-0.25, -0.2) is 4.98 Å². The minimum atomic E-state index is -0.119. The van der Waals surface area contributed by atoms with Crippen molar-refractivity contribution in [1.82, 2.24) is 10.3 Å². The van der Waals surface area contributed by atoms with E-state index in [9.17, 15) is 4.79 Å². The summed E-state index contributed by atoms with van der Waals surface area (Å²) in [6, 6.07) is 25.9. The van der Waals surface area contributed by atoms with Crippen LogP contribution in [-0.2, 0) is 6.54 Å². The Morgan fingerprint density at radius 2 is 1.70 bits per heavy atom. The van der Waals surface area contributed by atoms with Crippen molar-refractivity contribution in [2.24, 2.45) is 0 Å². The molecule has 0 spiro atoms. The predicted octanol–water partition coefficient (Wildman–Crippen LogP) is 4.22. The Labute approximate surface area is 218 Å². The van der Waals surface area contributed by atoms with E-state index < -0.39 is 0 Å². The number of hydrogen-bond donors (Lipinski definition) is 3. The number of nitrogens with one attached hydrogen (secondary N) is 3. The van der Waals surface area contributed by atoms with Gasteiger partial charge in [-0.1, -0.05) is 48.5 Å². The highest BCUT2D eigenvalue weighted by molar-refractivity contribution is 6.07. The minimum absolute atomic E-state index is 0.119. The highest BCUT2D eigenvalue weighted by Crippen LogP contribution is 2.32. The van der Waals surface area contributed by atoms with Crippen molar-refractivity contribution >= 4 is 28.3 Å². The highest BCUT2D eigenvalue weighted by Gasteiger charge is 2.17. The Bertz CT molecular complexity index is 1340. The maximum Gasteiger partial charge on any atom is 0.252 e. The third kappa shape index (κ3) is 6.57. The van der Waals surface area contributed by atoms with E-state index in [0.717, 1.165) is 29.7 Å². The quantitative estimate of drug-likeness (QED) is 0.288. The normalized spacial score (nSPS) is 11.8. The van der Waals surface area contributed by atoms with Crippen molar-refractivity contribution < 1.29 is 19.2 Å². The van der Waals surface area contributed by atoms with Gasteiger partial charge < -0.3 is 25.0 Å². The summed E-state index contributed by atoms with van der Waals surface area (Å²) in [7, 11) is 3.22. The lowest BCUT2D eigenvalue weighted by atomic mass is 10.1. The topological polar surface area (TPSA) is 76.9 Å². The Hall–Kier alpha value is -4.10. The van der Waals surface area contributed by atoms with Crippen molar-refractivity contribution in [2.75, 3.05) is 32.6 Å². The zero-order chi connectivity index (χ0) is 26.2. The first-order chi connectivity index (χ1) is 18.0. The average molecular weight is 500 g/mol. The molecule has 0 aliphatic heterocycles. The van der Waals surface area contributed by atoms with Crippen molar-refractivity contribution in [3.8, 4) is 11.5 Å². The third-order valence-electron chi connectivity index (χ3n) is 6.45. The summed E-state index contributed by atoms with van der Waals surface area (Å²) in [6.45, 7) is 6.74. The Kier molecular flexibility index (Phi) is 8.59. The monoisotopic (exact) mass is 499 g/mol. The molecule has 1 atom stereocenters. The second-order valence-corrected chi connectivity index (χ2v) is 9.24. The number of rotatable bonds is 11. The van der Waals surface area contributed by atoms with Crippen LogP contribution in [0.15, 0.2) is 78.9 Å². The van der Waals surface area contributed by atoms with Gasteiger partial charge in [-0.05, 0) is 38.1 Å². The lowest BCUT2D eigenvalue weighted by Crippen LogP contribution is -3.14. The Morgan fingerprint density at radius 3 is 2.43 bits per heavy atom. The number of methoxy groups -OCH3 is 2. The van der Waals surface area contributed by atoms with Crippen LogP contribution in [0, 0.1) is 0 Å². The maximum atomic E-state index is 13.4. The summed E-state index contributed by atoms with van der Waals surface area (Å²) in [6.07, 6.45) is 0. The lowest BCUT2D eigenvalue weighted by molar-refractivity contribution is -0.933. The number of quaternary nitrogens is 1. The van der Waals surface area contributed by atoms with Crippen molar-refractivity contribution in [3.05, 3.63) is 90.0 Å². The highest BCUT2D eigenvalue weighted by atomic mass is 16.5. The first-order valence-corrected chi connectivity index (χ1v) is 12.5. The molecule has 1 heterocycles. The van der Waals surface area contributed by atoms with Crippen LogP contribution < -0.4 is 25.0 Å². The first kappa shape index (κ1) is 26.0. The molecule has 0 saturated heterocycles. The Balaban J connectivity index is 1.51. The summed E-state index contributed by atoms with van der Waals surface area (Å²) < 4.78 is 10.8. The van der Waals surface area contributed by atoms with Crippen LogP contribution in [0.2, 0.25) is 0 Å². The largest absolute Gasteiger partial charge is 0.497 e. The van der Waals surface area contributed by atoms with Gasteiger partial charge in [0.15, 0.2) is 0 Å². The molecule has 0 aliphatic carbocycles. The summed E-state index contributed by atoms with van der Waals surface area (Å²) >= 11 is 0. The number of ether oxygens (including phenoxy) is 2. The smallest absolute Gasteiger partial charge is 0.252 e. The van der Waals surface area contributed by atoms with E-state index >= 15 is 0 Å². The molecule has 7 heteroatoms. The Morgan fingerprint density at radius 1 is 0.946 bits per heavy atom. The van der Waals surface area contributed by atoms with Crippen LogP contribution in [0.1, 0.15) is 29.8 Å². The van der Waals surface area contributed by atoms with Gasteiger partial charge in [0.05, 0.1) is 50.1 Å².